The normalized spacial score (nSPS) is 22.2. The zero-order valence-electron chi connectivity index (χ0n) is 9.73. The van der Waals surface area contributed by atoms with Gasteiger partial charge in [0.25, 0.3) is 0 Å². The number of rotatable bonds is 4. The Kier molecular flexibility index (Phi) is 2.48. The number of carboxylic acid groups (broad SMARTS) is 1. The number of carbonyl (C=O) groups is 1. The van der Waals surface area contributed by atoms with Gasteiger partial charge in [-0.15, -0.1) is 11.3 Å². The third-order valence-corrected chi connectivity index (χ3v) is 5.00. The Morgan fingerprint density at radius 3 is 2.65 bits per heavy atom. The van der Waals surface area contributed by atoms with Crippen LogP contribution in [0.2, 0.25) is 0 Å². The molecule has 2 fully saturated rings. The summed E-state index contributed by atoms with van der Waals surface area (Å²) in [7, 11) is 1.69. The molecule has 2 aliphatic carbocycles. The third kappa shape index (κ3) is 1.68. The van der Waals surface area contributed by atoms with Crippen molar-refractivity contribution in [3.8, 4) is 0 Å². The van der Waals surface area contributed by atoms with Crippen LogP contribution in [0.1, 0.15) is 58.4 Å². The smallest absolute Gasteiger partial charge is 0.347 e. The van der Waals surface area contributed by atoms with Gasteiger partial charge in [-0.05, 0) is 32.1 Å². The van der Waals surface area contributed by atoms with Gasteiger partial charge in [0.1, 0.15) is 15.5 Å². The second-order valence-corrected chi connectivity index (χ2v) is 5.86. The summed E-state index contributed by atoms with van der Waals surface area (Å²) in [5, 5.41) is 10.1. The fourth-order valence-electron chi connectivity index (χ4n) is 2.32. The second kappa shape index (κ2) is 3.78. The lowest BCUT2D eigenvalue weighted by Gasteiger charge is -2.38. The van der Waals surface area contributed by atoms with Gasteiger partial charge in [0.15, 0.2) is 0 Å². The molecule has 0 spiro atoms. The minimum atomic E-state index is -0.846. The van der Waals surface area contributed by atoms with Gasteiger partial charge in [-0.25, -0.2) is 9.78 Å². The lowest BCUT2D eigenvalue weighted by Crippen LogP contribution is -2.35. The summed E-state index contributed by atoms with van der Waals surface area (Å²) >= 11 is 1.31. The molecule has 4 nitrogen and oxygen atoms in total. The number of thiazole rings is 1. The van der Waals surface area contributed by atoms with Gasteiger partial charge in [-0.1, -0.05) is 0 Å². The van der Waals surface area contributed by atoms with Crippen LogP contribution in [-0.4, -0.2) is 23.2 Å². The van der Waals surface area contributed by atoms with Crippen molar-refractivity contribution in [1.82, 2.24) is 4.98 Å². The molecular weight excluding hydrogens is 238 g/mol. The highest BCUT2D eigenvalue weighted by molar-refractivity contribution is 7.13. The Balaban J connectivity index is 2.00. The monoisotopic (exact) mass is 253 g/mol. The van der Waals surface area contributed by atoms with Crippen molar-refractivity contribution in [2.45, 2.75) is 43.6 Å². The van der Waals surface area contributed by atoms with Gasteiger partial charge in [0.2, 0.25) is 0 Å². The van der Waals surface area contributed by atoms with Crippen LogP contribution in [-0.2, 0) is 10.3 Å². The molecule has 5 heteroatoms. The van der Waals surface area contributed by atoms with Crippen molar-refractivity contribution in [3.05, 3.63) is 15.6 Å². The molecular formula is C12H15NO3S. The average molecular weight is 253 g/mol. The third-order valence-electron chi connectivity index (χ3n) is 3.75. The van der Waals surface area contributed by atoms with E-state index in [2.05, 4.69) is 4.98 Å². The van der Waals surface area contributed by atoms with E-state index in [4.69, 9.17) is 4.74 Å². The molecule has 0 radical (unpaired) electrons. The highest BCUT2D eigenvalue weighted by Gasteiger charge is 2.44. The van der Waals surface area contributed by atoms with Gasteiger partial charge in [0.05, 0.1) is 5.69 Å². The van der Waals surface area contributed by atoms with E-state index < -0.39 is 5.97 Å². The quantitative estimate of drug-likeness (QED) is 0.896. The van der Waals surface area contributed by atoms with Gasteiger partial charge < -0.3 is 9.84 Å². The molecule has 1 heterocycles. The first-order valence-electron chi connectivity index (χ1n) is 5.96. The average Bonchev–Trinajstić information content (AvgIpc) is 2.98. The molecule has 92 valence electrons. The van der Waals surface area contributed by atoms with Gasteiger partial charge in [-0.2, -0.15) is 0 Å². The van der Waals surface area contributed by atoms with Crippen molar-refractivity contribution >= 4 is 17.3 Å². The largest absolute Gasteiger partial charge is 0.477 e. The van der Waals surface area contributed by atoms with Crippen molar-refractivity contribution in [2.24, 2.45) is 0 Å². The topological polar surface area (TPSA) is 59.4 Å². The summed E-state index contributed by atoms with van der Waals surface area (Å²) in [6.07, 6.45) is 5.20. The van der Waals surface area contributed by atoms with Crippen LogP contribution >= 0.6 is 11.3 Å². The Bertz CT molecular complexity index is 455. The first-order chi connectivity index (χ1) is 8.16. The van der Waals surface area contributed by atoms with E-state index in [-0.39, 0.29) is 5.60 Å². The lowest BCUT2D eigenvalue weighted by molar-refractivity contribution is -0.0780. The van der Waals surface area contributed by atoms with E-state index in [9.17, 15) is 9.90 Å². The van der Waals surface area contributed by atoms with Crippen LogP contribution in [0.5, 0.6) is 0 Å². The molecule has 1 aromatic heterocycles. The predicted molar refractivity (Wildman–Crippen MR) is 63.6 cm³/mol. The molecule has 3 rings (SSSR count). The summed E-state index contributed by atoms with van der Waals surface area (Å²) in [5.41, 5.74) is 0.503. The first-order valence-corrected chi connectivity index (χ1v) is 6.77. The number of aromatic carboxylic acids is 1. The summed E-state index contributed by atoms with van der Waals surface area (Å²) in [6.45, 7) is 0. The number of ether oxygens (including phenoxy) is 1. The summed E-state index contributed by atoms with van der Waals surface area (Å²) in [4.78, 5) is 16.2. The molecule has 0 amide bonds. The minimum Gasteiger partial charge on any atom is -0.477 e. The van der Waals surface area contributed by atoms with Gasteiger partial charge in [0, 0.05) is 13.0 Å². The number of methoxy groups -OCH3 is 1. The molecule has 17 heavy (non-hydrogen) atoms. The molecule has 2 aliphatic rings. The molecule has 0 saturated heterocycles. The first kappa shape index (κ1) is 11.2. The summed E-state index contributed by atoms with van der Waals surface area (Å²) in [6, 6.07) is 0. The summed E-state index contributed by atoms with van der Waals surface area (Å²) in [5.74, 6) is -0.471. The van der Waals surface area contributed by atoms with Crippen LogP contribution in [0.15, 0.2) is 0 Å². The zero-order valence-corrected chi connectivity index (χ0v) is 10.5. The molecule has 2 saturated carbocycles. The Morgan fingerprint density at radius 1 is 1.53 bits per heavy atom. The Morgan fingerprint density at radius 2 is 2.24 bits per heavy atom. The fourth-order valence-corrected chi connectivity index (χ4v) is 3.53. The number of hydrogen-bond acceptors (Lipinski definition) is 4. The summed E-state index contributed by atoms with van der Waals surface area (Å²) < 4.78 is 5.56. The maximum absolute atomic E-state index is 11.2. The van der Waals surface area contributed by atoms with Crippen LogP contribution in [0.4, 0.5) is 0 Å². The van der Waals surface area contributed by atoms with Crippen molar-refractivity contribution in [2.75, 3.05) is 7.11 Å². The van der Waals surface area contributed by atoms with Gasteiger partial charge >= 0.3 is 5.97 Å². The van der Waals surface area contributed by atoms with E-state index >= 15 is 0 Å². The van der Waals surface area contributed by atoms with E-state index in [0.717, 1.165) is 42.8 Å². The molecule has 1 N–H and O–H groups in total. The highest BCUT2D eigenvalue weighted by Crippen LogP contribution is 2.49. The molecule has 0 aliphatic heterocycles. The Hall–Kier alpha value is -0.940. The van der Waals surface area contributed by atoms with Crippen molar-refractivity contribution in [3.63, 3.8) is 0 Å². The number of aromatic nitrogens is 1. The molecule has 0 atom stereocenters. The van der Waals surface area contributed by atoms with Crippen LogP contribution in [0.25, 0.3) is 0 Å². The number of nitrogens with zero attached hydrogens (tertiary/aromatic N) is 1. The number of carboxylic acids is 1. The lowest BCUT2D eigenvalue weighted by atomic mass is 9.80. The highest BCUT2D eigenvalue weighted by atomic mass is 32.1. The van der Waals surface area contributed by atoms with Crippen molar-refractivity contribution < 1.29 is 14.6 Å². The second-order valence-electron chi connectivity index (χ2n) is 4.86. The molecule has 1 aromatic rings. The predicted octanol–water partition coefficient (Wildman–Crippen LogP) is 2.74. The number of hydrogen-bond donors (Lipinski definition) is 1. The molecule has 0 aromatic carbocycles. The van der Waals surface area contributed by atoms with E-state index in [1.165, 1.54) is 11.3 Å². The van der Waals surface area contributed by atoms with Crippen LogP contribution in [0, 0.1) is 0 Å². The zero-order chi connectivity index (χ0) is 12.0. The molecule has 0 unspecified atom stereocenters. The maximum Gasteiger partial charge on any atom is 0.347 e. The van der Waals surface area contributed by atoms with Gasteiger partial charge in [-0.3, -0.25) is 0 Å². The van der Waals surface area contributed by atoms with E-state index in [1.54, 1.807) is 7.11 Å². The maximum atomic E-state index is 11.2. The van der Waals surface area contributed by atoms with Crippen LogP contribution < -0.4 is 0 Å². The fraction of sp³-hybridized carbons (Fsp3) is 0.667. The Labute approximate surface area is 104 Å². The van der Waals surface area contributed by atoms with Crippen molar-refractivity contribution in [1.29, 1.82) is 0 Å². The SMILES string of the molecule is COC1(c2nc(C3CC3)c(C(=O)O)s2)CCC1. The molecule has 0 bridgehead atoms. The van der Waals surface area contributed by atoms with E-state index in [1.807, 2.05) is 0 Å². The minimum absolute atomic E-state index is 0.290. The standard InChI is InChI=1S/C12H15NO3S/c1-16-12(5-2-6-12)11-13-8(7-3-4-7)9(17-11)10(14)15/h7H,2-6H2,1H3,(H,14,15). The van der Waals surface area contributed by atoms with E-state index in [0.29, 0.717) is 10.8 Å². The van der Waals surface area contributed by atoms with Crippen LogP contribution in [0.3, 0.4) is 0 Å².